The average Bonchev–Trinajstić information content (AvgIpc) is 2.90. The SMILES string of the molecule is Cc1c([N+](=O)[O-])cnn1C1CN(C(=O)OC(C)(C)C)CC1O. The number of likely N-dealkylation sites (tertiary alicyclic amines) is 1. The molecule has 1 N–H and O–H groups in total. The zero-order chi connectivity index (χ0) is 16.7. The number of β-amino-alcohol motifs (C(OH)–C–C–N with tert-alkyl or cyclic N) is 1. The van der Waals surface area contributed by atoms with E-state index in [1.807, 2.05) is 0 Å². The van der Waals surface area contributed by atoms with Crippen LogP contribution in [0.25, 0.3) is 0 Å². The number of hydrogen-bond acceptors (Lipinski definition) is 6. The lowest BCUT2D eigenvalue weighted by atomic mass is 10.2. The van der Waals surface area contributed by atoms with Crippen molar-refractivity contribution in [3.8, 4) is 0 Å². The fourth-order valence-electron chi connectivity index (χ4n) is 2.41. The summed E-state index contributed by atoms with van der Waals surface area (Å²) in [6, 6.07) is -0.527. The Balaban J connectivity index is 2.15. The van der Waals surface area contributed by atoms with E-state index in [2.05, 4.69) is 5.10 Å². The molecule has 0 bridgehead atoms. The number of hydrogen-bond donors (Lipinski definition) is 1. The van der Waals surface area contributed by atoms with Crippen LogP contribution < -0.4 is 0 Å². The van der Waals surface area contributed by atoms with Crippen molar-refractivity contribution in [3.63, 3.8) is 0 Å². The van der Waals surface area contributed by atoms with Gasteiger partial charge in [-0.25, -0.2) is 4.79 Å². The van der Waals surface area contributed by atoms with Gasteiger partial charge in [-0.2, -0.15) is 5.10 Å². The summed E-state index contributed by atoms with van der Waals surface area (Å²) in [7, 11) is 0. The van der Waals surface area contributed by atoms with Crippen molar-refractivity contribution in [3.05, 3.63) is 22.0 Å². The first-order chi connectivity index (χ1) is 10.1. The predicted molar refractivity (Wildman–Crippen MR) is 76.5 cm³/mol. The van der Waals surface area contributed by atoms with E-state index in [1.165, 1.54) is 9.58 Å². The highest BCUT2D eigenvalue weighted by Gasteiger charge is 2.39. The van der Waals surface area contributed by atoms with Crippen molar-refractivity contribution in [2.45, 2.75) is 45.4 Å². The molecule has 9 heteroatoms. The van der Waals surface area contributed by atoms with Crippen LogP contribution in [0.15, 0.2) is 6.20 Å². The Hall–Kier alpha value is -2.16. The molecule has 1 saturated heterocycles. The molecule has 0 radical (unpaired) electrons. The Morgan fingerprint density at radius 1 is 1.50 bits per heavy atom. The molecule has 9 nitrogen and oxygen atoms in total. The highest BCUT2D eigenvalue weighted by Crippen LogP contribution is 2.27. The molecular formula is C13H20N4O5. The molecule has 0 spiro atoms. The maximum atomic E-state index is 12.0. The standard InChI is InChI=1S/C13H20N4O5/c1-8-9(17(20)21)5-14-16(8)10-6-15(7-11(10)18)12(19)22-13(2,3)4/h5,10-11,18H,6-7H2,1-4H3. The number of nitrogens with zero attached hydrogens (tertiary/aromatic N) is 4. The normalized spacial score (nSPS) is 22.0. The minimum atomic E-state index is -0.856. The molecule has 1 aliphatic heterocycles. The Morgan fingerprint density at radius 3 is 2.64 bits per heavy atom. The van der Waals surface area contributed by atoms with Gasteiger partial charge < -0.3 is 14.7 Å². The maximum Gasteiger partial charge on any atom is 0.410 e. The maximum absolute atomic E-state index is 12.0. The lowest BCUT2D eigenvalue weighted by molar-refractivity contribution is -0.385. The summed E-state index contributed by atoms with van der Waals surface area (Å²) in [5, 5.41) is 25.0. The summed E-state index contributed by atoms with van der Waals surface area (Å²) in [4.78, 5) is 23.8. The number of aliphatic hydroxyl groups excluding tert-OH is 1. The quantitative estimate of drug-likeness (QED) is 0.650. The van der Waals surface area contributed by atoms with Crippen molar-refractivity contribution in [1.82, 2.24) is 14.7 Å². The number of carbonyl (C=O) groups excluding carboxylic acids is 1. The minimum Gasteiger partial charge on any atom is -0.444 e. The van der Waals surface area contributed by atoms with Gasteiger partial charge in [-0.1, -0.05) is 0 Å². The van der Waals surface area contributed by atoms with Crippen LogP contribution in [0.5, 0.6) is 0 Å². The number of rotatable bonds is 2. The van der Waals surface area contributed by atoms with E-state index >= 15 is 0 Å². The van der Waals surface area contributed by atoms with Crippen LogP contribution in [0.4, 0.5) is 10.5 Å². The molecule has 1 aromatic rings. The Labute approximate surface area is 127 Å². The Kier molecular flexibility index (Phi) is 4.10. The molecule has 1 aromatic heterocycles. The molecule has 0 saturated carbocycles. The van der Waals surface area contributed by atoms with Crippen molar-refractivity contribution in [1.29, 1.82) is 0 Å². The summed E-state index contributed by atoms with van der Waals surface area (Å²) in [6.45, 7) is 7.14. The first-order valence-electron chi connectivity index (χ1n) is 6.94. The largest absolute Gasteiger partial charge is 0.444 e. The van der Waals surface area contributed by atoms with E-state index in [-0.39, 0.29) is 18.8 Å². The molecule has 22 heavy (non-hydrogen) atoms. The van der Waals surface area contributed by atoms with Gasteiger partial charge in [0.2, 0.25) is 0 Å². The summed E-state index contributed by atoms with van der Waals surface area (Å²) >= 11 is 0. The van der Waals surface area contributed by atoms with Crippen LogP contribution in [0.2, 0.25) is 0 Å². The van der Waals surface area contributed by atoms with Gasteiger partial charge in [0.25, 0.3) is 0 Å². The molecule has 1 fully saturated rings. The van der Waals surface area contributed by atoms with Gasteiger partial charge in [-0.15, -0.1) is 0 Å². The number of ether oxygens (including phenoxy) is 1. The van der Waals surface area contributed by atoms with Gasteiger partial charge in [0.1, 0.15) is 17.5 Å². The van der Waals surface area contributed by atoms with Crippen molar-refractivity contribution in [2.75, 3.05) is 13.1 Å². The van der Waals surface area contributed by atoms with Crippen molar-refractivity contribution in [2.24, 2.45) is 0 Å². The lowest BCUT2D eigenvalue weighted by Gasteiger charge is -2.24. The highest BCUT2D eigenvalue weighted by molar-refractivity contribution is 5.68. The third-order valence-corrected chi connectivity index (χ3v) is 3.44. The topological polar surface area (TPSA) is 111 Å². The molecule has 0 aromatic carbocycles. The van der Waals surface area contributed by atoms with E-state index in [0.29, 0.717) is 5.69 Å². The van der Waals surface area contributed by atoms with E-state index in [9.17, 15) is 20.0 Å². The van der Waals surface area contributed by atoms with Gasteiger partial charge >= 0.3 is 11.8 Å². The monoisotopic (exact) mass is 312 g/mol. The number of nitro groups is 1. The van der Waals surface area contributed by atoms with Gasteiger partial charge in [0, 0.05) is 6.54 Å². The van der Waals surface area contributed by atoms with E-state index in [4.69, 9.17) is 4.74 Å². The van der Waals surface area contributed by atoms with Crippen LogP contribution in [0.3, 0.4) is 0 Å². The number of amides is 1. The first-order valence-corrected chi connectivity index (χ1v) is 6.94. The molecule has 0 aliphatic carbocycles. The molecule has 1 aliphatic rings. The minimum absolute atomic E-state index is 0.104. The highest BCUT2D eigenvalue weighted by atomic mass is 16.6. The number of aliphatic hydroxyl groups is 1. The van der Waals surface area contributed by atoms with Gasteiger partial charge in [-0.3, -0.25) is 14.8 Å². The molecule has 1 amide bonds. The zero-order valence-electron chi connectivity index (χ0n) is 13.0. The second kappa shape index (κ2) is 5.56. The van der Waals surface area contributed by atoms with Gasteiger partial charge in [0.15, 0.2) is 0 Å². The van der Waals surface area contributed by atoms with Crippen molar-refractivity contribution >= 4 is 11.8 Å². The Morgan fingerprint density at radius 2 is 2.14 bits per heavy atom. The molecule has 2 heterocycles. The number of carbonyl (C=O) groups is 1. The smallest absolute Gasteiger partial charge is 0.410 e. The molecular weight excluding hydrogens is 292 g/mol. The lowest BCUT2D eigenvalue weighted by Crippen LogP contribution is -2.36. The van der Waals surface area contributed by atoms with Crippen LogP contribution >= 0.6 is 0 Å². The molecule has 2 unspecified atom stereocenters. The van der Waals surface area contributed by atoms with Crippen LogP contribution in [0.1, 0.15) is 32.5 Å². The fraction of sp³-hybridized carbons (Fsp3) is 0.692. The van der Waals surface area contributed by atoms with E-state index in [0.717, 1.165) is 6.20 Å². The average molecular weight is 312 g/mol. The number of aromatic nitrogens is 2. The first kappa shape index (κ1) is 16.2. The van der Waals surface area contributed by atoms with Gasteiger partial charge in [-0.05, 0) is 27.7 Å². The molecule has 2 rings (SSSR count). The van der Waals surface area contributed by atoms with Crippen molar-refractivity contribution < 1.29 is 19.6 Å². The van der Waals surface area contributed by atoms with E-state index < -0.39 is 28.8 Å². The van der Waals surface area contributed by atoms with Gasteiger partial charge in [0.05, 0.1) is 23.6 Å². The zero-order valence-corrected chi connectivity index (χ0v) is 13.0. The second-order valence-electron chi connectivity index (χ2n) is 6.34. The third kappa shape index (κ3) is 3.19. The second-order valence-corrected chi connectivity index (χ2v) is 6.34. The Bertz CT molecular complexity index is 592. The fourth-order valence-corrected chi connectivity index (χ4v) is 2.41. The molecule has 2 atom stereocenters. The summed E-state index contributed by atoms with van der Waals surface area (Å²) in [5.41, 5.74) is -0.386. The third-order valence-electron chi connectivity index (χ3n) is 3.44. The van der Waals surface area contributed by atoms with Crippen LogP contribution in [-0.2, 0) is 4.74 Å². The summed E-state index contributed by atoms with van der Waals surface area (Å²) in [6.07, 6.45) is -0.225. The summed E-state index contributed by atoms with van der Waals surface area (Å²) < 4.78 is 6.66. The van der Waals surface area contributed by atoms with E-state index in [1.54, 1.807) is 27.7 Å². The van der Waals surface area contributed by atoms with Crippen LogP contribution in [-0.4, -0.2) is 55.6 Å². The summed E-state index contributed by atoms with van der Waals surface area (Å²) in [5.74, 6) is 0. The van der Waals surface area contributed by atoms with Crippen LogP contribution in [0, 0.1) is 17.0 Å². The molecule has 122 valence electrons. The predicted octanol–water partition coefficient (Wildman–Crippen LogP) is 1.25.